The second kappa shape index (κ2) is 12.8. The summed E-state index contributed by atoms with van der Waals surface area (Å²) >= 11 is 11.2. The first-order valence-electron chi connectivity index (χ1n) is 14.6. The van der Waals surface area contributed by atoms with Crippen molar-refractivity contribution in [2.45, 2.75) is 24.8 Å². The number of nitrogens with two attached hydrogens (primary N) is 4. The summed E-state index contributed by atoms with van der Waals surface area (Å²) in [6.45, 7) is 0. The van der Waals surface area contributed by atoms with Crippen LogP contribution >= 0.6 is 23.2 Å². The molecule has 33 heavy (non-hydrogen) atoms. The molecule has 0 saturated heterocycles. The van der Waals surface area contributed by atoms with E-state index in [1.807, 2.05) is 0 Å². The highest BCUT2D eigenvalue weighted by atomic mass is 35.5. The molecule has 0 heterocycles. The monoisotopic (exact) mass is 511 g/mol. The van der Waals surface area contributed by atoms with Crippen LogP contribution in [-0.4, -0.2) is 47.7 Å². The Morgan fingerprint density at radius 1 is 1.03 bits per heavy atom. The van der Waals surface area contributed by atoms with Crippen LogP contribution in [0, 0.1) is 0 Å². The number of carbonyl (C=O) groups is 4. The molecule has 0 spiro atoms. The molecule has 10 nitrogen and oxygen atoms in total. The van der Waals surface area contributed by atoms with E-state index in [1.54, 1.807) is 0 Å². The zero-order chi connectivity index (χ0) is 36.7. The number of ether oxygens (including phenoxy) is 1. The topological polar surface area (TPSA) is 202 Å². The minimum absolute atomic E-state index is 0.340. The summed E-state index contributed by atoms with van der Waals surface area (Å²) in [5, 5.41) is 8.04. The molecular weight excluding hydrogens is 475 g/mol. The van der Waals surface area contributed by atoms with Gasteiger partial charge in [0.15, 0.2) is 11.6 Å². The first-order valence-corrected chi connectivity index (χ1v) is 8.89. The molecule has 1 unspecified atom stereocenters. The lowest BCUT2D eigenvalue weighted by Crippen LogP contribution is -2.34. The fourth-order valence-corrected chi connectivity index (χ4v) is 2.10. The number of hydrogen-bond donors (Lipinski definition) is 5. The van der Waals surface area contributed by atoms with E-state index in [0.717, 1.165) is 12.1 Å². The van der Waals surface area contributed by atoms with Crippen molar-refractivity contribution in [3.05, 3.63) is 57.5 Å². The molecule has 0 aliphatic carbocycles. The Kier molecular flexibility index (Phi) is 5.22. The van der Waals surface area contributed by atoms with E-state index in [9.17, 15) is 19.2 Å². The van der Waals surface area contributed by atoms with E-state index in [-0.39, 0.29) is 10.0 Å². The Labute approximate surface area is 218 Å². The maximum atomic E-state index is 12.4. The fraction of sp³-hybridized carbons (Fsp3) is 0.238. The SMILES string of the molecule is [2H]c1cc(C(=O)C([2H])([2H])C([2H])(N)C(=O)O)c(N)c([2H])c1Cl.[2H]c1cc(C(=O)C([2H])([2H])[C@]([2H])(N)C(=O)OC([2H])([2H])[2H])c(N)c([2H])c1Cl. The molecule has 0 fully saturated rings. The van der Waals surface area contributed by atoms with Crippen molar-refractivity contribution in [1.29, 1.82) is 0 Å². The van der Waals surface area contributed by atoms with E-state index in [2.05, 4.69) is 4.74 Å². The molecule has 0 aromatic heterocycles. The molecule has 2 aromatic carbocycles. The minimum Gasteiger partial charge on any atom is -0.480 e. The minimum atomic E-state index is -3.49. The molecule has 0 bridgehead atoms. The molecule has 9 N–H and O–H groups in total. The molecule has 0 radical (unpaired) electrons. The van der Waals surface area contributed by atoms with Gasteiger partial charge in [0.05, 0.1) is 19.4 Å². The van der Waals surface area contributed by atoms with Gasteiger partial charge >= 0.3 is 11.9 Å². The normalized spacial score (nSPS) is 20.9. The summed E-state index contributed by atoms with van der Waals surface area (Å²) in [5.41, 5.74) is 18.8. The molecule has 0 amide bonds. The highest BCUT2D eigenvalue weighted by Gasteiger charge is 2.20. The van der Waals surface area contributed by atoms with E-state index in [4.69, 9.17) is 69.1 Å². The van der Waals surface area contributed by atoms with Gasteiger partial charge in [0, 0.05) is 50.8 Å². The number of halogens is 2. The van der Waals surface area contributed by atoms with E-state index < -0.39 is 102 Å². The number of hydrogen-bond acceptors (Lipinski definition) is 9. The smallest absolute Gasteiger partial charge is 0.323 e. The number of carbonyl (C=O) groups excluding carboxylic acids is 3. The Bertz CT molecular complexity index is 1600. The average molecular weight is 512 g/mol. The summed E-state index contributed by atoms with van der Waals surface area (Å²) in [6.07, 6.45) is -6.82. The van der Waals surface area contributed by atoms with Gasteiger partial charge in [-0.05, 0) is 36.3 Å². The Hall–Kier alpha value is -3.18. The van der Waals surface area contributed by atoms with Gasteiger partial charge in [-0.25, -0.2) is 0 Å². The standard InChI is InChI=1S/C11H13ClN2O3.C10H11ClN2O3/c1-17-11(16)9(14)5-10(15)7-3-2-6(12)4-8(7)13;11-5-1-2-6(7(12)3-5)9(14)4-8(13)10(15)16/h2-4,9H,5,13-14H2,1H3;1-3,8H,4,12-13H2,(H,15,16)/t9-;/m0./s1/i1D3,2D,4D,5D2,9D;1D,3D,4D2,8D. The molecule has 0 aliphatic rings. The van der Waals surface area contributed by atoms with Gasteiger partial charge in [0.25, 0.3) is 0 Å². The number of methoxy groups -OCH3 is 1. The third-order valence-electron chi connectivity index (χ3n) is 3.28. The van der Waals surface area contributed by atoms with Gasteiger partial charge < -0.3 is 32.8 Å². The molecular formula is C21H24Cl2N4O6. The quantitative estimate of drug-likeness (QED) is 0.197. The van der Waals surface area contributed by atoms with Crippen LogP contribution < -0.4 is 22.9 Å². The molecule has 12 heteroatoms. The van der Waals surface area contributed by atoms with Crippen molar-refractivity contribution in [1.82, 2.24) is 0 Å². The zero-order valence-electron chi connectivity index (χ0n) is 29.2. The van der Waals surface area contributed by atoms with Gasteiger partial charge in [-0.2, -0.15) is 0 Å². The van der Waals surface area contributed by atoms with Crippen LogP contribution in [0.25, 0.3) is 0 Å². The van der Waals surface area contributed by atoms with Crippen LogP contribution in [0.4, 0.5) is 11.4 Å². The Morgan fingerprint density at radius 2 is 1.45 bits per heavy atom. The Morgan fingerprint density at radius 3 is 1.85 bits per heavy atom. The Balaban J connectivity index is 0.000000467. The lowest BCUT2D eigenvalue weighted by molar-refractivity contribution is -0.142. The first-order chi connectivity index (χ1) is 20.4. The van der Waals surface area contributed by atoms with Crippen molar-refractivity contribution >= 4 is 58.1 Å². The van der Waals surface area contributed by atoms with Crippen LogP contribution in [0.2, 0.25) is 10.0 Å². The number of ketones is 2. The maximum absolute atomic E-state index is 12.4. The van der Waals surface area contributed by atoms with Gasteiger partial charge in [0.1, 0.15) is 12.0 Å². The molecule has 2 rings (SSSR count). The van der Waals surface area contributed by atoms with E-state index in [1.165, 1.54) is 0 Å². The second-order valence-corrected chi connectivity index (χ2v) is 6.30. The van der Waals surface area contributed by atoms with E-state index >= 15 is 0 Å². The summed E-state index contributed by atoms with van der Waals surface area (Å²) in [6, 6.07) is -7.31. The van der Waals surface area contributed by atoms with E-state index in [0.29, 0.717) is 0 Å². The zero-order valence-corrected chi connectivity index (χ0v) is 17.7. The number of rotatable bonds is 8. The number of aliphatic carboxylic acids is 1. The number of benzene rings is 2. The largest absolute Gasteiger partial charge is 0.480 e. The maximum Gasteiger partial charge on any atom is 0.323 e. The fourth-order valence-electron chi connectivity index (χ4n) is 1.78. The lowest BCUT2D eigenvalue weighted by Gasteiger charge is -2.09. The number of carboxylic acids is 1. The summed E-state index contributed by atoms with van der Waals surface area (Å²) in [5.74, 6) is -7.18. The predicted molar refractivity (Wildman–Crippen MR) is 125 cm³/mol. The third kappa shape index (κ3) is 8.70. The number of Topliss-reactive ketones (excluding diaryl/α,β-unsaturated/α-hetero) is 2. The summed E-state index contributed by atoms with van der Waals surface area (Å²) in [4.78, 5) is 47.1. The molecule has 0 aliphatic heterocycles. The average Bonchev–Trinajstić information content (AvgIpc) is 2.92. The molecule has 2 aromatic rings. The van der Waals surface area contributed by atoms with Crippen LogP contribution in [0.3, 0.4) is 0 Å². The van der Waals surface area contributed by atoms with Crippen LogP contribution in [0.5, 0.6) is 0 Å². The number of esters is 1. The number of anilines is 2. The van der Waals surface area contributed by atoms with Gasteiger partial charge in [-0.1, -0.05) is 23.2 Å². The summed E-state index contributed by atoms with van der Waals surface area (Å²) < 4.78 is 99.7. The van der Waals surface area contributed by atoms with Crippen molar-refractivity contribution in [3.8, 4) is 0 Å². The number of carboxylic acid groups (broad SMARTS) is 1. The molecule has 178 valence electrons. The first kappa shape index (κ1) is 13.5. The molecule has 2 atom stereocenters. The van der Waals surface area contributed by atoms with Gasteiger partial charge in [-0.3, -0.25) is 19.2 Å². The highest BCUT2D eigenvalue weighted by Crippen LogP contribution is 2.20. The van der Waals surface area contributed by atoms with Gasteiger partial charge in [0.2, 0.25) is 0 Å². The lowest BCUT2D eigenvalue weighted by atomic mass is 10.0. The van der Waals surface area contributed by atoms with Gasteiger partial charge in [-0.15, -0.1) is 0 Å². The van der Waals surface area contributed by atoms with Crippen LogP contribution in [-0.2, 0) is 14.3 Å². The molecule has 0 saturated carbocycles. The van der Waals surface area contributed by atoms with Crippen molar-refractivity contribution < 1.29 is 46.8 Å². The highest BCUT2D eigenvalue weighted by molar-refractivity contribution is 6.31. The van der Waals surface area contributed by atoms with Crippen molar-refractivity contribution in [3.63, 3.8) is 0 Å². The summed E-state index contributed by atoms with van der Waals surface area (Å²) in [7, 11) is -3.30. The van der Waals surface area contributed by atoms with Crippen molar-refractivity contribution in [2.24, 2.45) is 11.5 Å². The predicted octanol–water partition coefficient (Wildman–Crippen LogP) is 1.90. The number of nitrogen functional groups attached to an aromatic ring is 2. The van der Waals surface area contributed by atoms with Crippen LogP contribution in [0.1, 0.15) is 51.3 Å². The second-order valence-electron chi connectivity index (χ2n) is 5.54. The van der Waals surface area contributed by atoms with Crippen molar-refractivity contribution in [2.75, 3.05) is 18.5 Å². The third-order valence-corrected chi connectivity index (χ3v) is 3.69. The van der Waals surface area contributed by atoms with Crippen LogP contribution in [0.15, 0.2) is 36.3 Å².